The van der Waals surface area contributed by atoms with Crippen molar-refractivity contribution in [3.8, 4) is 12.1 Å². The number of nitrogens with two attached hydrogens (primary N) is 1. The number of nitriles is 2. The van der Waals surface area contributed by atoms with Gasteiger partial charge in [-0.3, -0.25) is 9.59 Å². The molecular formula is C25H31ClN6O4S2. The Morgan fingerprint density at radius 2 is 1.53 bits per heavy atom. The molecule has 2 aliphatic rings. The van der Waals surface area contributed by atoms with Crippen molar-refractivity contribution in [3.63, 3.8) is 0 Å². The Bertz CT molecular complexity index is 1230. The van der Waals surface area contributed by atoms with E-state index in [0.29, 0.717) is 35.8 Å². The van der Waals surface area contributed by atoms with Gasteiger partial charge in [-0.2, -0.15) is 10.5 Å². The molecule has 2 aromatic heterocycles. The molecule has 0 radical (unpaired) electrons. The van der Waals surface area contributed by atoms with Gasteiger partial charge in [0.05, 0.1) is 6.04 Å². The summed E-state index contributed by atoms with van der Waals surface area (Å²) in [6, 6.07) is 6.90. The lowest BCUT2D eigenvalue weighted by atomic mass is 10.2. The fourth-order valence-electron chi connectivity index (χ4n) is 3.87. The Morgan fingerprint density at radius 1 is 1.03 bits per heavy atom. The van der Waals surface area contributed by atoms with Gasteiger partial charge in [0, 0.05) is 26.2 Å². The third-order valence-electron chi connectivity index (χ3n) is 5.60. The van der Waals surface area contributed by atoms with Gasteiger partial charge in [0.2, 0.25) is 11.8 Å². The van der Waals surface area contributed by atoms with E-state index in [2.05, 4.69) is 17.5 Å². The molecule has 2 aliphatic heterocycles. The van der Waals surface area contributed by atoms with Gasteiger partial charge < -0.3 is 25.6 Å². The summed E-state index contributed by atoms with van der Waals surface area (Å²) in [7, 11) is 0. The number of alkyl carbamates (subject to hydrolysis) is 1. The van der Waals surface area contributed by atoms with Crippen LogP contribution >= 0.6 is 35.1 Å². The average molecular weight is 579 g/mol. The van der Waals surface area contributed by atoms with Crippen molar-refractivity contribution < 1.29 is 19.1 Å². The molecule has 0 spiro atoms. The highest BCUT2D eigenvalue weighted by molar-refractivity contribution is 7.10. The van der Waals surface area contributed by atoms with Crippen molar-refractivity contribution in [3.05, 3.63) is 43.8 Å². The SMILES string of the molecule is CC(C)(C)OC(=O)NC1CCN(Cc2csc(C#N)c2)C1=O.Cl.N#Cc1cc(CN2CCC(N)C2=O)cs1. The molecule has 4 heterocycles. The molecule has 38 heavy (non-hydrogen) atoms. The van der Waals surface area contributed by atoms with Crippen molar-refractivity contribution in [2.24, 2.45) is 5.73 Å². The number of amides is 3. The number of thiophene rings is 2. The molecule has 3 amide bonds. The molecule has 0 aliphatic carbocycles. The fraction of sp³-hybridized carbons (Fsp3) is 0.480. The highest BCUT2D eigenvalue weighted by Gasteiger charge is 2.34. The molecule has 0 bridgehead atoms. The molecule has 2 atom stereocenters. The van der Waals surface area contributed by atoms with Gasteiger partial charge in [0.1, 0.15) is 33.5 Å². The van der Waals surface area contributed by atoms with Crippen LogP contribution in [0.5, 0.6) is 0 Å². The predicted molar refractivity (Wildman–Crippen MR) is 147 cm³/mol. The number of hydrogen-bond acceptors (Lipinski definition) is 9. The minimum Gasteiger partial charge on any atom is -0.444 e. The first-order valence-electron chi connectivity index (χ1n) is 11.8. The van der Waals surface area contributed by atoms with Gasteiger partial charge in [-0.25, -0.2) is 4.79 Å². The number of nitrogens with one attached hydrogen (secondary N) is 1. The van der Waals surface area contributed by atoms with Crippen molar-refractivity contribution in [2.45, 2.75) is 64.4 Å². The number of rotatable bonds is 5. The monoisotopic (exact) mass is 578 g/mol. The Labute approximate surface area is 236 Å². The van der Waals surface area contributed by atoms with Gasteiger partial charge in [-0.05, 0) is 67.6 Å². The van der Waals surface area contributed by atoms with Crippen LogP contribution in [0.2, 0.25) is 0 Å². The fourth-order valence-corrected chi connectivity index (χ4v) is 5.26. The number of carbonyl (C=O) groups excluding carboxylic acids is 3. The van der Waals surface area contributed by atoms with Gasteiger partial charge >= 0.3 is 6.09 Å². The third kappa shape index (κ3) is 8.71. The molecule has 3 N–H and O–H groups in total. The lowest BCUT2D eigenvalue weighted by molar-refractivity contribution is -0.130. The summed E-state index contributed by atoms with van der Waals surface area (Å²) < 4.78 is 5.16. The van der Waals surface area contributed by atoms with E-state index in [1.54, 1.807) is 36.6 Å². The van der Waals surface area contributed by atoms with Crippen LogP contribution < -0.4 is 11.1 Å². The summed E-state index contributed by atoms with van der Waals surface area (Å²) in [5.74, 6) is -0.102. The zero-order valence-corrected chi connectivity index (χ0v) is 23.9. The van der Waals surface area contributed by atoms with Crippen molar-refractivity contribution in [1.29, 1.82) is 10.5 Å². The van der Waals surface area contributed by atoms with E-state index in [1.165, 1.54) is 22.7 Å². The van der Waals surface area contributed by atoms with Crippen LogP contribution in [-0.4, -0.2) is 58.5 Å². The first-order chi connectivity index (χ1) is 17.5. The van der Waals surface area contributed by atoms with Crippen LogP contribution in [0.1, 0.15) is 54.5 Å². The normalized spacial score (nSPS) is 18.7. The molecular weight excluding hydrogens is 548 g/mol. The van der Waals surface area contributed by atoms with Crippen LogP contribution in [0.15, 0.2) is 22.9 Å². The van der Waals surface area contributed by atoms with Crippen molar-refractivity contribution in [2.75, 3.05) is 13.1 Å². The summed E-state index contributed by atoms with van der Waals surface area (Å²) in [6.45, 7) is 7.67. The Balaban J connectivity index is 0.000000277. The maximum absolute atomic E-state index is 12.3. The molecule has 2 fully saturated rings. The van der Waals surface area contributed by atoms with Crippen LogP contribution in [-0.2, 0) is 27.4 Å². The van der Waals surface area contributed by atoms with E-state index in [4.69, 9.17) is 21.0 Å². The molecule has 10 nitrogen and oxygen atoms in total. The summed E-state index contributed by atoms with van der Waals surface area (Å²) in [4.78, 5) is 40.3. The molecule has 4 rings (SSSR count). The maximum Gasteiger partial charge on any atom is 0.408 e. The largest absolute Gasteiger partial charge is 0.444 e. The highest BCUT2D eigenvalue weighted by atomic mass is 35.5. The van der Waals surface area contributed by atoms with Gasteiger partial charge in [-0.1, -0.05) is 0 Å². The first kappa shape index (κ1) is 31.1. The Morgan fingerprint density at radius 3 is 1.95 bits per heavy atom. The second-order valence-electron chi connectivity index (χ2n) is 9.76. The summed E-state index contributed by atoms with van der Waals surface area (Å²) in [5.41, 5.74) is 6.98. The van der Waals surface area contributed by atoms with Crippen LogP contribution in [0.25, 0.3) is 0 Å². The minimum atomic E-state index is -0.588. The van der Waals surface area contributed by atoms with Crippen molar-refractivity contribution in [1.82, 2.24) is 15.1 Å². The smallest absolute Gasteiger partial charge is 0.408 e. The van der Waals surface area contributed by atoms with Crippen molar-refractivity contribution >= 4 is 53.0 Å². The van der Waals surface area contributed by atoms with E-state index in [9.17, 15) is 14.4 Å². The van der Waals surface area contributed by atoms with E-state index in [0.717, 1.165) is 24.1 Å². The lowest BCUT2D eigenvalue weighted by Crippen LogP contribution is -2.43. The molecule has 2 unspecified atom stereocenters. The molecule has 204 valence electrons. The quantitative estimate of drug-likeness (QED) is 0.551. The topological polar surface area (TPSA) is 153 Å². The van der Waals surface area contributed by atoms with E-state index in [1.807, 2.05) is 16.8 Å². The van der Waals surface area contributed by atoms with E-state index < -0.39 is 17.7 Å². The summed E-state index contributed by atoms with van der Waals surface area (Å²) in [6.07, 6.45) is 0.719. The van der Waals surface area contributed by atoms with Gasteiger partial charge in [0.25, 0.3) is 0 Å². The third-order valence-corrected chi connectivity index (χ3v) is 7.37. The molecule has 0 saturated carbocycles. The average Bonchev–Trinajstić information content (AvgIpc) is 3.62. The second-order valence-corrected chi connectivity index (χ2v) is 11.6. The van der Waals surface area contributed by atoms with Gasteiger partial charge in [0.15, 0.2) is 0 Å². The van der Waals surface area contributed by atoms with E-state index in [-0.39, 0.29) is 30.3 Å². The molecule has 0 aromatic carbocycles. The summed E-state index contributed by atoms with van der Waals surface area (Å²) in [5, 5.41) is 23.9. The maximum atomic E-state index is 12.3. The number of halogens is 1. The second kappa shape index (κ2) is 13.6. The lowest BCUT2D eigenvalue weighted by Gasteiger charge is -2.21. The molecule has 2 aromatic rings. The number of likely N-dealkylation sites (tertiary alicyclic amines) is 2. The molecule has 13 heteroatoms. The highest BCUT2D eigenvalue weighted by Crippen LogP contribution is 2.20. The summed E-state index contributed by atoms with van der Waals surface area (Å²) >= 11 is 2.77. The number of ether oxygens (including phenoxy) is 1. The molecule has 2 saturated heterocycles. The minimum absolute atomic E-state index is 0. The zero-order chi connectivity index (χ0) is 27.2. The van der Waals surface area contributed by atoms with E-state index >= 15 is 0 Å². The van der Waals surface area contributed by atoms with Crippen LogP contribution in [0.3, 0.4) is 0 Å². The first-order valence-corrected chi connectivity index (χ1v) is 13.5. The standard InChI is InChI=1S/C15H19N3O3S.C10H11N3OS.ClH/c1-15(2,3)21-14(20)17-12-4-5-18(13(12)19)8-10-6-11(7-16)22-9-10;11-4-8-3-7(6-15-8)5-13-2-1-9(12)10(13)14;/h6,9,12H,4-5,8H2,1-3H3,(H,17,20);3,6,9H,1-2,5,12H2;1H. The number of nitrogens with zero attached hydrogens (tertiary/aromatic N) is 4. The van der Waals surface area contributed by atoms with Crippen LogP contribution in [0.4, 0.5) is 4.79 Å². The van der Waals surface area contributed by atoms with Gasteiger partial charge in [-0.15, -0.1) is 35.1 Å². The van der Waals surface area contributed by atoms with Crippen LogP contribution in [0, 0.1) is 22.7 Å². The number of hydrogen-bond donors (Lipinski definition) is 2. The Kier molecular flexibility index (Phi) is 11.1. The number of carbonyl (C=O) groups is 3. The zero-order valence-electron chi connectivity index (χ0n) is 21.4. The predicted octanol–water partition coefficient (Wildman–Crippen LogP) is 3.35. The Hall–Kier alpha value is -3.16.